The molecule has 0 saturated carbocycles. The van der Waals surface area contributed by atoms with E-state index in [4.69, 9.17) is 18.1 Å². The summed E-state index contributed by atoms with van der Waals surface area (Å²) in [5, 5.41) is 1.84. The third kappa shape index (κ3) is 4.13. The normalized spacial score (nSPS) is 13.0. The van der Waals surface area contributed by atoms with Gasteiger partial charge in [-0.1, -0.05) is 115 Å². The van der Waals surface area contributed by atoms with E-state index in [9.17, 15) is 0 Å². The van der Waals surface area contributed by atoms with Crippen molar-refractivity contribution < 1.29 is 0 Å². The fourth-order valence-corrected chi connectivity index (χ4v) is 7.70. The molecule has 6 aromatic carbocycles. The Morgan fingerprint density at radius 1 is 0.469 bits per heavy atom. The van der Waals surface area contributed by atoms with E-state index in [0.29, 0.717) is 11.4 Å². The number of hydrogen-bond donors (Lipinski definition) is 0. The number of benzene rings is 6. The molecule has 0 saturated heterocycles. The Bertz CT molecular complexity index is 2480. The maximum absolute atomic E-state index is 7.63. The van der Waals surface area contributed by atoms with E-state index in [-0.39, 0.29) is 0 Å². The molecule has 0 radical (unpaired) electrons. The zero-order valence-electron chi connectivity index (χ0n) is 26.3. The highest BCUT2D eigenvalue weighted by molar-refractivity contribution is 6.11. The topological polar surface area (TPSA) is 29.8 Å². The molecule has 5 heteroatoms. The molecular formula is C44H27N5. The first kappa shape index (κ1) is 28.3. The van der Waals surface area contributed by atoms with E-state index in [0.717, 1.165) is 44.8 Å². The molecule has 1 aliphatic heterocycles. The minimum Gasteiger partial charge on any atom is -0.294 e. The van der Waals surface area contributed by atoms with Crippen LogP contribution in [0, 0.1) is 13.1 Å². The number of pyridine rings is 1. The first-order chi connectivity index (χ1) is 24.2. The molecule has 0 spiro atoms. The smallest absolute Gasteiger partial charge is 0.188 e. The molecule has 0 fully saturated rings. The van der Waals surface area contributed by atoms with Crippen LogP contribution in [0.3, 0.4) is 0 Å². The van der Waals surface area contributed by atoms with Crippen LogP contribution in [0.2, 0.25) is 0 Å². The fourth-order valence-electron chi connectivity index (χ4n) is 7.70. The quantitative estimate of drug-likeness (QED) is 0.182. The van der Waals surface area contributed by atoms with Crippen molar-refractivity contribution in [2.75, 3.05) is 4.90 Å². The molecule has 2 aromatic heterocycles. The fraction of sp³-hybridized carbons (Fsp3) is 0.0227. The number of aromatic nitrogens is 2. The van der Waals surface area contributed by atoms with Crippen LogP contribution >= 0.6 is 0 Å². The highest BCUT2D eigenvalue weighted by Gasteiger charge is 2.46. The molecule has 8 aromatic rings. The lowest BCUT2D eigenvalue weighted by Crippen LogP contribution is -2.37. The standard InChI is InChI=1S/C44H27N5/c1-45-32-24-26-38-34(28-32)35-29-33(46-2)25-27-39(35)48(38)42-22-13-23-43(47-42)49-40-20-11-9-18-36(40)44(30-14-5-3-6-15-30,31-16-7-4-8-17-31)37-19-10-12-21-41(37)49/h3-29H. The van der Waals surface area contributed by atoms with E-state index < -0.39 is 5.41 Å². The number of hydrogen-bond acceptors (Lipinski definition) is 2. The first-order valence-corrected chi connectivity index (χ1v) is 16.1. The predicted octanol–water partition coefficient (Wildman–Crippen LogP) is 11.4. The van der Waals surface area contributed by atoms with Crippen LogP contribution in [0.15, 0.2) is 164 Å². The molecule has 0 N–H and O–H groups in total. The van der Waals surface area contributed by atoms with Gasteiger partial charge in [-0.2, -0.15) is 0 Å². The Morgan fingerprint density at radius 3 is 1.45 bits per heavy atom. The van der Waals surface area contributed by atoms with Crippen LogP contribution in [0.5, 0.6) is 0 Å². The van der Waals surface area contributed by atoms with Crippen LogP contribution in [0.25, 0.3) is 37.3 Å². The summed E-state index contributed by atoms with van der Waals surface area (Å²) in [5.41, 5.74) is 9.29. The van der Waals surface area contributed by atoms with Crippen molar-refractivity contribution in [2.24, 2.45) is 0 Å². The highest BCUT2D eigenvalue weighted by Crippen LogP contribution is 2.57. The van der Waals surface area contributed by atoms with E-state index in [1.54, 1.807) is 0 Å². The summed E-state index contributed by atoms with van der Waals surface area (Å²) < 4.78 is 2.13. The zero-order chi connectivity index (χ0) is 33.0. The lowest BCUT2D eigenvalue weighted by molar-refractivity contribution is 0.730. The largest absolute Gasteiger partial charge is 0.294 e. The first-order valence-electron chi connectivity index (χ1n) is 16.1. The maximum Gasteiger partial charge on any atom is 0.188 e. The van der Waals surface area contributed by atoms with Gasteiger partial charge in [0.05, 0.1) is 41.0 Å². The van der Waals surface area contributed by atoms with E-state index in [1.165, 1.54) is 22.3 Å². The lowest BCUT2D eigenvalue weighted by Gasteiger charge is -2.46. The molecule has 9 rings (SSSR count). The number of nitrogens with zero attached hydrogens (tertiary/aromatic N) is 5. The average Bonchev–Trinajstić information content (AvgIpc) is 3.50. The number of fused-ring (bicyclic) bond motifs is 5. The van der Waals surface area contributed by atoms with Crippen molar-refractivity contribution in [3.05, 3.63) is 209 Å². The number of para-hydroxylation sites is 2. The van der Waals surface area contributed by atoms with Crippen molar-refractivity contribution in [1.29, 1.82) is 0 Å². The Morgan fingerprint density at radius 2 is 0.939 bits per heavy atom. The van der Waals surface area contributed by atoms with Gasteiger partial charge in [-0.25, -0.2) is 14.7 Å². The lowest BCUT2D eigenvalue weighted by atomic mass is 9.62. The SMILES string of the molecule is [C-]#[N+]c1ccc2c(c1)c1cc([N+]#[C-])ccc1n2-c1cccc(N2c3ccccc3C(c3ccccc3)(c3ccccc3)c3ccccc32)n1. The second-order valence-electron chi connectivity index (χ2n) is 12.2. The Labute approximate surface area is 284 Å². The molecule has 5 nitrogen and oxygen atoms in total. The summed E-state index contributed by atoms with van der Waals surface area (Å²) in [4.78, 5) is 15.0. The number of rotatable bonds is 4. The van der Waals surface area contributed by atoms with Crippen LogP contribution in [-0.4, -0.2) is 9.55 Å². The number of anilines is 3. The third-order valence-electron chi connectivity index (χ3n) is 9.68. The van der Waals surface area contributed by atoms with Gasteiger partial charge < -0.3 is 0 Å². The Kier molecular flexibility index (Phi) is 6.40. The van der Waals surface area contributed by atoms with Crippen molar-refractivity contribution in [2.45, 2.75) is 5.41 Å². The predicted molar refractivity (Wildman–Crippen MR) is 198 cm³/mol. The molecule has 228 valence electrons. The maximum atomic E-state index is 7.63. The molecule has 49 heavy (non-hydrogen) atoms. The van der Waals surface area contributed by atoms with Crippen molar-refractivity contribution in [3.8, 4) is 5.82 Å². The van der Waals surface area contributed by atoms with Gasteiger partial charge in [0.1, 0.15) is 11.6 Å². The monoisotopic (exact) mass is 625 g/mol. The van der Waals surface area contributed by atoms with Gasteiger partial charge in [0.25, 0.3) is 0 Å². The molecule has 0 atom stereocenters. The van der Waals surface area contributed by atoms with Gasteiger partial charge >= 0.3 is 0 Å². The molecule has 0 bridgehead atoms. The van der Waals surface area contributed by atoms with Gasteiger partial charge in [0.15, 0.2) is 11.4 Å². The van der Waals surface area contributed by atoms with Gasteiger partial charge in [0.2, 0.25) is 0 Å². The minimum atomic E-state index is -0.558. The minimum absolute atomic E-state index is 0.558. The zero-order valence-corrected chi connectivity index (χ0v) is 26.3. The van der Waals surface area contributed by atoms with Gasteiger partial charge in [0, 0.05) is 0 Å². The van der Waals surface area contributed by atoms with E-state index in [1.807, 2.05) is 42.5 Å². The molecule has 0 unspecified atom stereocenters. The van der Waals surface area contributed by atoms with Crippen LogP contribution in [0.4, 0.5) is 28.6 Å². The van der Waals surface area contributed by atoms with E-state index >= 15 is 0 Å². The summed E-state index contributed by atoms with van der Waals surface area (Å²) in [7, 11) is 0. The summed E-state index contributed by atoms with van der Waals surface area (Å²) in [6, 6.07) is 56.5. The molecule has 0 amide bonds. The molecule has 3 heterocycles. The van der Waals surface area contributed by atoms with E-state index in [2.05, 4.69) is 140 Å². The summed E-state index contributed by atoms with van der Waals surface area (Å²) >= 11 is 0. The molecule has 1 aliphatic rings. The Balaban J connectivity index is 1.31. The van der Waals surface area contributed by atoms with Crippen molar-refractivity contribution >= 4 is 50.4 Å². The van der Waals surface area contributed by atoms with Crippen LogP contribution in [0.1, 0.15) is 22.3 Å². The van der Waals surface area contributed by atoms with Crippen molar-refractivity contribution in [3.63, 3.8) is 0 Å². The summed E-state index contributed by atoms with van der Waals surface area (Å²) in [5.74, 6) is 1.54. The second kappa shape index (κ2) is 11.1. The highest BCUT2D eigenvalue weighted by atomic mass is 15.2. The van der Waals surface area contributed by atoms with Crippen LogP contribution in [-0.2, 0) is 5.41 Å². The third-order valence-corrected chi connectivity index (χ3v) is 9.68. The van der Waals surface area contributed by atoms with Gasteiger partial charge in [-0.15, -0.1) is 0 Å². The molecule has 0 aliphatic carbocycles. The van der Waals surface area contributed by atoms with Crippen molar-refractivity contribution in [1.82, 2.24) is 9.55 Å². The summed E-state index contributed by atoms with van der Waals surface area (Å²) in [6.45, 7) is 15.3. The van der Waals surface area contributed by atoms with Gasteiger partial charge in [-0.3, -0.25) is 9.47 Å². The van der Waals surface area contributed by atoms with Gasteiger partial charge in [-0.05, 0) is 81.6 Å². The summed E-state index contributed by atoms with van der Waals surface area (Å²) in [6.07, 6.45) is 0. The van der Waals surface area contributed by atoms with Crippen LogP contribution < -0.4 is 4.90 Å². The second-order valence-corrected chi connectivity index (χ2v) is 12.2. The Hall–Kier alpha value is -6.95. The molecular weight excluding hydrogens is 599 g/mol. The average molecular weight is 626 g/mol.